The van der Waals surface area contributed by atoms with Gasteiger partial charge in [-0.15, -0.1) is 23.7 Å². The summed E-state index contributed by atoms with van der Waals surface area (Å²) in [6, 6.07) is 2.37. The lowest BCUT2D eigenvalue weighted by molar-refractivity contribution is 0.305. The summed E-state index contributed by atoms with van der Waals surface area (Å²) in [5.74, 6) is 1.83. The zero-order valence-electron chi connectivity index (χ0n) is 10.5. The van der Waals surface area contributed by atoms with Crippen molar-refractivity contribution >= 4 is 23.7 Å². The summed E-state index contributed by atoms with van der Waals surface area (Å²) in [4.78, 5) is 5.60. The maximum Gasteiger partial charge on any atom is 0.0245 e. The van der Waals surface area contributed by atoms with Crippen molar-refractivity contribution in [3.05, 3.63) is 21.4 Å². The first-order chi connectivity index (χ1) is 7.72. The maximum absolute atomic E-state index is 3.50. The van der Waals surface area contributed by atoms with Crippen LogP contribution < -0.4 is 5.32 Å². The molecule has 0 unspecified atom stereocenters. The molecule has 0 spiro atoms. The molecule has 1 N–H and O–H groups in total. The second-order valence-electron chi connectivity index (χ2n) is 5.31. The van der Waals surface area contributed by atoms with E-state index < -0.39 is 0 Å². The summed E-state index contributed by atoms with van der Waals surface area (Å²) in [6.07, 6.45) is 0. The highest BCUT2D eigenvalue weighted by molar-refractivity contribution is 7.12. The van der Waals surface area contributed by atoms with E-state index in [0.717, 1.165) is 11.8 Å². The first-order valence-corrected chi connectivity index (χ1v) is 7.03. The van der Waals surface area contributed by atoms with Crippen LogP contribution in [0.4, 0.5) is 0 Å². The van der Waals surface area contributed by atoms with Gasteiger partial charge in [0, 0.05) is 29.4 Å². The van der Waals surface area contributed by atoms with Crippen LogP contribution >= 0.6 is 23.7 Å². The van der Waals surface area contributed by atoms with Crippen molar-refractivity contribution in [2.24, 2.45) is 11.8 Å². The third-order valence-electron chi connectivity index (χ3n) is 4.00. The topological polar surface area (TPSA) is 15.3 Å². The normalized spacial score (nSPS) is 28.1. The minimum Gasteiger partial charge on any atom is -0.316 e. The Bertz CT molecular complexity index is 379. The average molecular weight is 273 g/mol. The zero-order valence-corrected chi connectivity index (χ0v) is 12.2. The maximum atomic E-state index is 3.50. The highest BCUT2D eigenvalue weighted by Gasteiger charge is 2.35. The van der Waals surface area contributed by atoms with E-state index in [1.54, 1.807) is 5.56 Å². The zero-order chi connectivity index (χ0) is 11.1. The quantitative estimate of drug-likeness (QED) is 0.890. The molecule has 96 valence electrons. The summed E-state index contributed by atoms with van der Waals surface area (Å²) in [5, 5.41) is 3.50. The van der Waals surface area contributed by atoms with E-state index >= 15 is 0 Å². The number of fused-ring (bicyclic) bond motifs is 1. The number of hydrogen-bond acceptors (Lipinski definition) is 3. The van der Waals surface area contributed by atoms with E-state index in [0.29, 0.717) is 0 Å². The number of thiophene rings is 1. The van der Waals surface area contributed by atoms with Crippen LogP contribution in [-0.2, 0) is 6.54 Å². The second kappa shape index (κ2) is 5.27. The van der Waals surface area contributed by atoms with E-state index in [1.165, 1.54) is 42.5 Å². The van der Waals surface area contributed by atoms with Gasteiger partial charge in [0.1, 0.15) is 0 Å². The molecule has 2 aliphatic heterocycles. The first-order valence-electron chi connectivity index (χ1n) is 6.21. The molecule has 0 aromatic carbocycles. The molecule has 2 aliphatic rings. The molecule has 0 aliphatic carbocycles. The number of nitrogens with one attached hydrogen (secondary N) is 1. The fourth-order valence-corrected chi connectivity index (χ4v) is 4.10. The van der Waals surface area contributed by atoms with E-state index in [9.17, 15) is 0 Å². The van der Waals surface area contributed by atoms with Crippen LogP contribution in [0.15, 0.2) is 6.07 Å². The predicted molar refractivity (Wildman–Crippen MR) is 76.2 cm³/mol. The van der Waals surface area contributed by atoms with Gasteiger partial charge in [-0.05, 0) is 50.4 Å². The molecular formula is C13H21ClN2S. The summed E-state index contributed by atoms with van der Waals surface area (Å²) < 4.78 is 0. The van der Waals surface area contributed by atoms with Crippen LogP contribution in [0, 0.1) is 25.7 Å². The van der Waals surface area contributed by atoms with Crippen LogP contribution in [0.3, 0.4) is 0 Å². The number of aryl methyl sites for hydroxylation is 2. The molecule has 3 heterocycles. The van der Waals surface area contributed by atoms with Crippen molar-refractivity contribution in [1.82, 2.24) is 10.2 Å². The molecule has 4 heteroatoms. The van der Waals surface area contributed by atoms with Gasteiger partial charge in [-0.25, -0.2) is 0 Å². The van der Waals surface area contributed by atoms with Crippen molar-refractivity contribution in [3.63, 3.8) is 0 Å². The smallest absolute Gasteiger partial charge is 0.0245 e. The van der Waals surface area contributed by atoms with E-state index in [2.05, 4.69) is 30.1 Å². The van der Waals surface area contributed by atoms with Gasteiger partial charge in [0.2, 0.25) is 0 Å². The average Bonchev–Trinajstić information content (AvgIpc) is 2.82. The van der Waals surface area contributed by atoms with Gasteiger partial charge in [0.05, 0.1) is 0 Å². The number of nitrogens with zero attached hydrogens (tertiary/aromatic N) is 1. The molecule has 1 aromatic heterocycles. The molecular weight excluding hydrogens is 252 g/mol. The summed E-state index contributed by atoms with van der Waals surface area (Å²) in [5.41, 5.74) is 1.55. The lowest BCUT2D eigenvalue weighted by Gasteiger charge is -2.16. The highest BCUT2D eigenvalue weighted by atomic mass is 35.5. The molecule has 0 bridgehead atoms. The molecule has 3 rings (SSSR count). The van der Waals surface area contributed by atoms with Crippen LogP contribution in [-0.4, -0.2) is 31.1 Å². The van der Waals surface area contributed by atoms with Crippen molar-refractivity contribution in [1.29, 1.82) is 0 Å². The Morgan fingerprint density at radius 2 is 1.94 bits per heavy atom. The fraction of sp³-hybridized carbons (Fsp3) is 0.692. The van der Waals surface area contributed by atoms with Crippen molar-refractivity contribution in [2.45, 2.75) is 20.4 Å². The van der Waals surface area contributed by atoms with Gasteiger partial charge in [0.25, 0.3) is 0 Å². The van der Waals surface area contributed by atoms with Gasteiger partial charge in [0.15, 0.2) is 0 Å². The SMILES string of the molecule is Cc1cc(CN2C[C@H]3CNC[C@H]3C2)c(C)s1.Cl. The Hall–Kier alpha value is -0.0900. The summed E-state index contributed by atoms with van der Waals surface area (Å²) >= 11 is 1.93. The summed E-state index contributed by atoms with van der Waals surface area (Å²) in [7, 11) is 0. The molecule has 1 aromatic rings. The molecule has 0 amide bonds. The monoisotopic (exact) mass is 272 g/mol. The molecule has 2 fully saturated rings. The number of rotatable bonds is 2. The molecule has 0 radical (unpaired) electrons. The minimum atomic E-state index is 0. The number of hydrogen-bond donors (Lipinski definition) is 1. The Balaban J connectivity index is 0.00000108. The van der Waals surface area contributed by atoms with Crippen LogP contribution in [0.2, 0.25) is 0 Å². The van der Waals surface area contributed by atoms with Gasteiger partial charge in [-0.3, -0.25) is 4.90 Å². The van der Waals surface area contributed by atoms with Gasteiger partial charge < -0.3 is 5.32 Å². The standard InChI is InChI=1S/C13H20N2S.ClH/c1-9-3-11(10(2)16-9)6-15-7-12-4-14-5-13(12)8-15;/h3,12-14H,4-8H2,1-2H3;1H/t12-,13+;. The Kier molecular flexibility index (Phi) is 4.14. The lowest BCUT2D eigenvalue weighted by atomic mass is 10.0. The van der Waals surface area contributed by atoms with E-state index in [4.69, 9.17) is 0 Å². The first kappa shape index (κ1) is 13.3. The van der Waals surface area contributed by atoms with Gasteiger partial charge in [-0.1, -0.05) is 0 Å². The van der Waals surface area contributed by atoms with Crippen molar-refractivity contribution in [3.8, 4) is 0 Å². The lowest BCUT2D eigenvalue weighted by Crippen LogP contribution is -2.25. The minimum absolute atomic E-state index is 0. The van der Waals surface area contributed by atoms with Crippen LogP contribution in [0.1, 0.15) is 15.3 Å². The fourth-order valence-electron chi connectivity index (χ4n) is 3.16. The van der Waals surface area contributed by atoms with Crippen LogP contribution in [0.5, 0.6) is 0 Å². The number of halogens is 1. The Morgan fingerprint density at radius 1 is 1.29 bits per heavy atom. The van der Waals surface area contributed by atoms with E-state index in [-0.39, 0.29) is 12.4 Å². The molecule has 0 saturated carbocycles. The summed E-state index contributed by atoms with van der Waals surface area (Å²) in [6.45, 7) is 10.7. The number of likely N-dealkylation sites (tertiary alicyclic amines) is 1. The second-order valence-corrected chi connectivity index (χ2v) is 6.77. The molecule has 2 saturated heterocycles. The largest absolute Gasteiger partial charge is 0.316 e. The van der Waals surface area contributed by atoms with Gasteiger partial charge >= 0.3 is 0 Å². The van der Waals surface area contributed by atoms with Crippen molar-refractivity contribution < 1.29 is 0 Å². The molecule has 2 atom stereocenters. The van der Waals surface area contributed by atoms with Gasteiger partial charge in [-0.2, -0.15) is 0 Å². The van der Waals surface area contributed by atoms with E-state index in [1.807, 2.05) is 11.3 Å². The third-order valence-corrected chi connectivity index (χ3v) is 5.01. The van der Waals surface area contributed by atoms with Crippen LogP contribution in [0.25, 0.3) is 0 Å². The highest BCUT2D eigenvalue weighted by Crippen LogP contribution is 2.29. The Morgan fingerprint density at radius 3 is 2.47 bits per heavy atom. The molecule has 17 heavy (non-hydrogen) atoms. The molecule has 2 nitrogen and oxygen atoms in total. The Labute approximate surface area is 114 Å². The third kappa shape index (κ3) is 2.68. The van der Waals surface area contributed by atoms with Crippen molar-refractivity contribution in [2.75, 3.05) is 26.2 Å². The predicted octanol–water partition coefficient (Wildman–Crippen LogP) is 2.44.